The Morgan fingerprint density at radius 3 is 2.63 bits per heavy atom. The molecule has 2 aromatic heterocycles. The van der Waals surface area contributed by atoms with Crippen LogP contribution in [0, 0.1) is 17.0 Å². The second-order valence-corrected chi connectivity index (χ2v) is 7.67. The maximum atomic E-state index is 12.4. The minimum Gasteiger partial charge on any atom is -0.421 e. The third-order valence-corrected chi connectivity index (χ3v) is 5.53. The molecule has 27 heavy (non-hydrogen) atoms. The topological polar surface area (TPSA) is 86.2 Å². The van der Waals surface area contributed by atoms with E-state index in [0.29, 0.717) is 14.9 Å². The maximum absolute atomic E-state index is 12.4. The summed E-state index contributed by atoms with van der Waals surface area (Å²) in [7, 11) is 0. The Morgan fingerprint density at radius 2 is 1.93 bits per heavy atom. The van der Waals surface area contributed by atoms with E-state index in [1.165, 1.54) is 23.5 Å². The van der Waals surface area contributed by atoms with Crippen LogP contribution in [0.15, 0.2) is 61.5 Å². The number of nitro groups is 1. The monoisotopic (exact) mass is 442 g/mol. The molecule has 0 aliphatic rings. The van der Waals surface area contributed by atoms with Crippen molar-refractivity contribution in [2.75, 3.05) is 0 Å². The zero-order valence-electron chi connectivity index (χ0n) is 13.9. The van der Waals surface area contributed by atoms with Crippen molar-refractivity contribution in [1.82, 2.24) is 4.98 Å². The van der Waals surface area contributed by atoms with Crippen molar-refractivity contribution in [1.29, 1.82) is 0 Å². The number of nitrogens with zero attached hydrogens (tertiary/aromatic N) is 2. The molecule has 0 amide bonds. The predicted molar refractivity (Wildman–Crippen MR) is 108 cm³/mol. The van der Waals surface area contributed by atoms with Gasteiger partial charge in [-0.3, -0.25) is 10.1 Å². The number of fused-ring (bicyclic) bond motifs is 1. The van der Waals surface area contributed by atoms with Crippen molar-refractivity contribution in [3.05, 3.63) is 78.4 Å². The average molecular weight is 443 g/mol. The standard InChI is InChI=1S/C19H11BrN2O4S/c1-10-2-4-11(5-3-10)16-9-27-18(21-16)14-7-12-6-13(22(24)25)8-15(20)17(12)26-19(14)23/h2-9H,1H3. The van der Waals surface area contributed by atoms with Gasteiger partial charge in [-0.1, -0.05) is 29.8 Å². The molecular formula is C19H11BrN2O4S. The van der Waals surface area contributed by atoms with Gasteiger partial charge in [0.2, 0.25) is 0 Å². The van der Waals surface area contributed by atoms with Gasteiger partial charge in [-0.2, -0.15) is 0 Å². The van der Waals surface area contributed by atoms with Crippen LogP contribution in [0.2, 0.25) is 0 Å². The molecule has 8 heteroatoms. The van der Waals surface area contributed by atoms with Crippen LogP contribution in [0.1, 0.15) is 5.56 Å². The van der Waals surface area contributed by atoms with Crippen LogP contribution in [0.4, 0.5) is 5.69 Å². The molecule has 134 valence electrons. The molecule has 0 saturated heterocycles. The zero-order chi connectivity index (χ0) is 19.1. The highest BCUT2D eigenvalue weighted by Gasteiger charge is 2.17. The molecule has 0 radical (unpaired) electrons. The van der Waals surface area contributed by atoms with Crippen LogP contribution in [0.3, 0.4) is 0 Å². The molecular weight excluding hydrogens is 432 g/mol. The minimum atomic E-state index is -0.540. The molecule has 2 heterocycles. The second kappa shape index (κ2) is 6.71. The smallest absolute Gasteiger partial charge is 0.346 e. The van der Waals surface area contributed by atoms with Gasteiger partial charge in [-0.05, 0) is 28.9 Å². The number of nitro benzene ring substituents is 1. The highest BCUT2D eigenvalue weighted by molar-refractivity contribution is 9.10. The first kappa shape index (κ1) is 17.6. The van der Waals surface area contributed by atoms with E-state index < -0.39 is 10.5 Å². The SMILES string of the molecule is Cc1ccc(-c2csc(-c3cc4cc([N+](=O)[O-])cc(Br)c4oc3=O)n2)cc1. The quantitative estimate of drug-likeness (QED) is 0.235. The summed E-state index contributed by atoms with van der Waals surface area (Å²) in [5.41, 5.74) is 2.77. The lowest BCUT2D eigenvalue weighted by Gasteiger charge is -2.02. The number of hydrogen-bond donors (Lipinski definition) is 0. The van der Waals surface area contributed by atoms with Crippen LogP contribution in [0.5, 0.6) is 0 Å². The summed E-state index contributed by atoms with van der Waals surface area (Å²) in [4.78, 5) is 27.6. The van der Waals surface area contributed by atoms with Gasteiger partial charge >= 0.3 is 5.63 Å². The van der Waals surface area contributed by atoms with Gasteiger partial charge in [0.25, 0.3) is 5.69 Å². The van der Waals surface area contributed by atoms with Crippen molar-refractivity contribution in [2.45, 2.75) is 6.92 Å². The number of thiazole rings is 1. The Labute approximate surface area is 165 Å². The van der Waals surface area contributed by atoms with E-state index in [1.807, 2.05) is 36.6 Å². The Balaban J connectivity index is 1.84. The molecule has 0 unspecified atom stereocenters. The molecule has 6 nitrogen and oxygen atoms in total. The minimum absolute atomic E-state index is 0.0892. The van der Waals surface area contributed by atoms with E-state index in [4.69, 9.17) is 4.42 Å². The first-order chi connectivity index (χ1) is 12.9. The molecule has 0 N–H and O–H groups in total. The van der Waals surface area contributed by atoms with Crippen LogP contribution < -0.4 is 5.63 Å². The lowest BCUT2D eigenvalue weighted by molar-refractivity contribution is -0.384. The first-order valence-electron chi connectivity index (χ1n) is 7.87. The maximum Gasteiger partial charge on any atom is 0.346 e. The van der Waals surface area contributed by atoms with Gasteiger partial charge in [0.05, 0.1) is 20.7 Å². The molecule has 0 aliphatic carbocycles. The molecule has 2 aromatic carbocycles. The van der Waals surface area contributed by atoms with Crippen molar-refractivity contribution >= 4 is 43.9 Å². The molecule has 0 bridgehead atoms. The zero-order valence-corrected chi connectivity index (χ0v) is 16.3. The van der Waals surface area contributed by atoms with Crippen LogP contribution in [-0.2, 0) is 0 Å². The Morgan fingerprint density at radius 1 is 1.19 bits per heavy atom. The summed E-state index contributed by atoms with van der Waals surface area (Å²) in [5, 5.41) is 13.9. The lowest BCUT2D eigenvalue weighted by atomic mass is 10.1. The fourth-order valence-electron chi connectivity index (χ4n) is 2.69. The number of non-ortho nitro benzene ring substituents is 1. The summed E-state index contributed by atoms with van der Waals surface area (Å²) in [6.45, 7) is 2.01. The summed E-state index contributed by atoms with van der Waals surface area (Å²) in [6.07, 6.45) is 0. The summed E-state index contributed by atoms with van der Waals surface area (Å²) in [5.74, 6) is 0. The molecule has 4 aromatic rings. The Bertz CT molecular complexity index is 1250. The highest BCUT2D eigenvalue weighted by atomic mass is 79.9. The molecule has 4 rings (SSSR count). The molecule has 0 spiro atoms. The number of aryl methyl sites for hydroxylation is 1. The average Bonchev–Trinajstić information content (AvgIpc) is 3.12. The normalized spacial score (nSPS) is 11.0. The fraction of sp³-hybridized carbons (Fsp3) is 0.0526. The van der Waals surface area contributed by atoms with Gasteiger partial charge in [-0.15, -0.1) is 11.3 Å². The van der Waals surface area contributed by atoms with Crippen molar-refractivity contribution in [3.63, 3.8) is 0 Å². The lowest BCUT2D eigenvalue weighted by Crippen LogP contribution is -2.03. The van der Waals surface area contributed by atoms with Gasteiger partial charge < -0.3 is 4.42 Å². The van der Waals surface area contributed by atoms with Crippen LogP contribution in [-0.4, -0.2) is 9.91 Å². The van der Waals surface area contributed by atoms with E-state index in [1.54, 1.807) is 6.07 Å². The van der Waals surface area contributed by atoms with E-state index in [2.05, 4.69) is 20.9 Å². The third-order valence-electron chi connectivity index (χ3n) is 4.06. The largest absolute Gasteiger partial charge is 0.421 e. The van der Waals surface area contributed by atoms with E-state index in [0.717, 1.165) is 16.8 Å². The molecule has 0 aliphatic heterocycles. The number of aromatic nitrogens is 1. The fourth-order valence-corrected chi connectivity index (χ4v) is 4.06. The van der Waals surface area contributed by atoms with E-state index in [9.17, 15) is 14.9 Å². The molecule has 0 atom stereocenters. The summed E-state index contributed by atoms with van der Waals surface area (Å²) in [6, 6.07) is 12.2. The van der Waals surface area contributed by atoms with Crippen LogP contribution >= 0.6 is 27.3 Å². The summed E-state index contributed by atoms with van der Waals surface area (Å²) >= 11 is 4.54. The second-order valence-electron chi connectivity index (χ2n) is 5.95. The predicted octanol–water partition coefficient (Wildman–Crippen LogP) is 5.56. The Kier molecular flexibility index (Phi) is 4.37. The van der Waals surface area contributed by atoms with E-state index >= 15 is 0 Å². The van der Waals surface area contributed by atoms with Crippen molar-refractivity contribution in [2.24, 2.45) is 0 Å². The summed E-state index contributed by atoms with van der Waals surface area (Å²) < 4.78 is 5.74. The number of halogens is 1. The highest BCUT2D eigenvalue weighted by Crippen LogP contribution is 2.33. The van der Waals surface area contributed by atoms with Gasteiger partial charge in [0.1, 0.15) is 5.01 Å². The first-order valence-corrected chi connectivity index (χ1v) is 9.54. The van der Waals surface area contributed by atoms with Gasteiger partial charge in [-0.25, -0.2) is 9.78 Å². The Hall–Kier alpha value is -2.84. The molecule has 0 saturated carbocycles. The third kappa shape index (κ3) is 3.29. The number of rotatable bonds is 3. The molecule has 0 fully saturated rings. The van der Waals surface area contributed by atoms with Gasteiger partial charge in [0, 0.05) is 28.5 Å². The van der Waals surface area contributed by atoms with Crippen molar-refractivity contribution in [3.8, 4) is 21.8 Å². The van der Waals surface area contributed by atoms with Gasteiger partial charge in [0.15, 0.2) is 5.58 Å². The van der Waals surface area contributed by atoms with E-state index in [-0.39, 0.29) is 16.8 Å². The number of benzene rings is 2. The van der Waals surface area contributed by atoms with Crippen molar-refractivity contribution < 1.29 is 9.34 Å². The van der Waals surface area contributed by atoms with Crippen LogP contribution in [0.25, 0.3) is 32.8 Å². The number of hydrogen-bond acceptors (Lipinski definition) is 6.